The monoisotopic (exact) mass is 419 g/mol. The number of carbonyl (C=O) groups excluding carboxylic acids is 1. The van der Waals surface area contributed by atoms with Crippen LogP contribution < -0.4 is 16.0 Å². The van der Waals surface area contributed by atoms with Crippen LogP contribution in [0.1, 0.15) is 28.4 Å². The smallest absolute Gasteiger partial charge is 0.255 e. The quantitative estimate of drug-likeness (QED) is 0.464. The highest BCUT2D eigenvalue weighted by molar-refractivity contribution is 8.00. The normalized spacial score (nSPS) is 17.6. The van der Waals surface area contributed by atoms with E-state index in [1.807, 2.05) is 55.5 Å². The van der Waals surface area contributed by atoms with E-state index in [4.69, 9.17) is 0 Å². The van der Waals surface area contributed by atoms with Crippen LogP contribution in [0.15, 0.2) is 71.6 Å². The van der Waals surface area contributed by atoms with Gasteiger partial charge in [-0.2, -0.15) is 0 Å². The highest BCUT2D eigenvalue weighted by atomic mass is 32.2. The third kappa shape index (κ3) is 4.78. The van der Waals surface area contributed by atoms with Crippen molar-refractivity contribution in [3.05, 3.63) is 83.4 Å². The van der Waals surface area contributed by atoms with E-state index < -0.39 is 6.23 Å². The van der Waals surface area contributed by atoms with Crippen molar-refractivity contribution < 1.29 is 9.90 Å². The molecule has 0 fully saturated rings. The zero-order valence-corrected chi connectivity index (χ0v) is 17.8. The first-order valence-electron chi connectivity index (χ1n) is 9.94. The van der Waals surface area contributed by atoms with E-state index in [1.165, 1.54) is 5.56 Å². The Morgan fingerprint density at radius 2 is 1.87 bits per heavy atom. The highest BCUT2D eigenvalue weighted by Gasteiger charge is 2.24. The van der Waals surface area contributed by atoms with E-state index in [0.29, 0.717) is 12.1 Å². The average molecular weight is 420 g/mol. The molecule has 4 N–H and O–H groups in total. The number of hydrogen-bond donors (Lipinski definition) is 4. The zero-order valence-electron chi connectivity index (χ0n) is 17.0. The summed E-state index contributed by atoms with van der Waals surface area (Å²) in [6, 6.07) is 21.6. The number of aryl methyl sites for hydroxylation is 1. The van der Waals surface area contributed by atoms with Crippen LogP contribution in [0.4, 0.5) is 17.1 Å². The van der Waals surface area contributed by atoms with Gasteiger partial charge < -0.3 is 21.1 Å². The molecule has 3 aromatic carbocycles. The maximum atomic E-state index is 12.7. The number of thioether (sulfide) groups is 1. The van der Waals surface area contributed by atoms with Crippen molar-refractivity contribution in [1.29, 1.82) is 0 Å². The maximum Gasteiger partial charge on any atom is 0.255 e. The Kier molecular flexibility index (Phi) is 5.97. The van der Waals surface area contributed by atoms with Crippen LogP contribution in [0.2, 0.25) is 0 Å². The van der Waals surface area contributed by atoms with Gasteiger partial charge in [0, 0.05) is 28.4 Å². The molecule has 0 radical (unpaired) electrons. The van der Waals surface area contributed by atoms with Gasteiger partial charge in [-0.25, -0.2) is 0 Å². The number of amides is 1. The Bertz CT molecular complexity index is 1050. The lowest BCUT2D eigenvalue weighted by Gasteiger charge is -2.28. The Hall–Kier alpha value is -2.96. The van der Waals surface area contributed by atoms with Crippen LogP contribution in [0, 0.1) is 6.92 Å². The summed E-state index contributed by atoms with van der Waals surface area (Å²) in [6.07, 6.45) is -0.623. The molecule has 154 valence electrons. The maximum absolute atomic E-state index is 12.7. The van der Waals surface area contributed by atoms with E-state index in [2.05, 4.69) is 35.0 Å². The van der Waals surface area contributed by atoms with Gasteiger partial charge in [0.15, 0.2) is 0 Å². The van der Waals surface area contributed by atoms with Gasteiger partial charge in [-0.15, -0.1) is 11.8 Å². The van der Waals surface area contributed by atoms with Gasteiger partial charge >= 0.3 is 0 Å². The molecule has 1 amide bonds. The first kappa shape index (κ1) is 20.3. The molecular formula is C24H25N3O2S. The second-order valence-electron chi connectivity index (χ2n) is 7.50. The third-order valence-corrected chi connectivity index (χ3v) is 6.27. The topological polar surface area (TPSA) is 73.4 Å². The van der Waals surface area contributed by atoms with Crippen LogP contribution in [0.25, 0.3) is 0 Å². The van der Waals surface area contributed by atoms with Gasteiger partial charge in [-0.05, 0) is 67.4 Å². The fourth-order valence-corrected chi connectivity index (χ4v) is 4.29. The van der Waals surface area contributed by atoms with Crippen molar-refractivity contribution in [1.82, 2.24) is 0 Å². The van der Waals surface area contributed by atoms with Crippen LogP contribution in [-0.4, -0.2) is 22.5 Å². The van der Waals surface area contributed by atoms with E-state index >= 15 is 0 Å². The van der Waals surface area contributed by atoms with Crippen LogP contribution in [0.5, 0.6) is 0 Å². The summed E-state index contributed by atoms with van der Waals surface area (Å²) in [5.41, 5.74) is 5.52. The number of fused-ring (bicyclic) bond motifs is 1. The minimum absolute atomic E-state index is 0.0658. The van der Waals surface area contributed by atoms with Gasteiger partial charge in [0.1, 0.15) is 6.23 Å². The van der Waals surface area contributed by atoms with E-state index in [-0.39, 0.29) is 11.2 Å². The summed E-state index contributed by atoms with van der Waals surface area (Å²) in [5, 5.41) is 19.5. The summed E-state index contributed by atoms with van der Waals surface area (Å²) in [7, 11) is 0. The fourth-order valence-electron chi connectivity index (χ4n) is 3.30. The molecule has 5 nitrogen and oxygen atoms in total. The fraction of sp³-hybridized carbons (Fsp3) is 0.208. The number of nitrogens with one attached hydrogen (secondary N) is 3. The van der Waals surface area contributed by atoms with Crippen LogP contribution in [-0.2, 0) is 6.54 Å². The van der Waals surface area contributed by atoms with Crippen LogP contribution in [0.3, 0.4) is 0 Å². The van der Waals surface area contributed by atoms with Gasteiger partial charge in [0.2, 0.25) is 0 Å². The largest absolute Gasteiger partial charge is 0.381 e. The van der Waals surface area contributed by atoms with E-state index in [1.54, 1.807) is 17.8 Å². The molecule has 6 heteroatoms. The Morgan fingerprint density at radius 3 is 2.63 bits per heavy atom. The Balaban J connectivity index is 1.37. The van der Waals surface area contributed by atoms with Crippen molar-refractivity contribution in [3.8, 4) is 0 Å². The van der Waals surface area contributed by atoms with Gasteiger partial charge in [-0.1, -0.05) is 24.3 Å². The van der Waals surface area contributed by atoms with Crippen molar-refractivity contribution in [2.75, 3.05) is 16.0 Å². The Morgan fingerprint density at radius 1 is 1.07 bits per heavy atom. The summed E-state index contributed by atoms with van der Waals surface area (Å²) in [6.45, 7) is 4.75. The molecular weight excluding hydrogens is 394 g/mol. The number of carbonyl (C=O) groups is 1. The first-order chi connectivity index (χ1) is 14.5. The van der Waals surface area contributed by atoms with Gasteiger partial charge in [0.05, 0.1) is 10.9 Å². The molecule has 0 aliphatic carbocycles. The first-order valence-corrected chi connectivity index (χ1v) is 10.8. The minimum Gasteiger partial charge on any atom is -0.381 e. The number of benzene rings is 3. The molecule has 4 rings (SSSR count). The molecule has 1 heterocycles. The molecule has 0 bridgehead atoms. The number of aliphatic hydroxyl groups is 1. The molecule has 3 aromatic rings. The van der Waals surface area contributed by atoms with Crippen molar-refractivity contribution >= 4 is 34.7 Å². The third-order valence-electron chi connectivity index (χ3n) is 5.03. The standard InChI is InChI=1S/C24H25N3O2S/c1-15-4-3-5-20(12-15)25-14-17-6-9-19(10-7-17)26-24(29)18-8-11-22-21(13-18)27-23(28)16(2)30-22/h3-13,16,23,25,27-28H,14H2,1-2H3,(H,26,29). The molecule has 30 heavy (non-hydrogen) atoms. The molecule has 0 spiro atoms. The Labute approximate surface area is 180 Å². The molecule has 2 unspecified atom stereocenters. The lowest BCUT2D eigenvalue weighted by Crippen LogP contribution is -2.32. The van der Waals surface area contributed by atoms with Gasteiger partial charge in [0.25, 0.3) is 5.91 Å². The van der Waals surface area contributed by atoms with Crippen molar-refractivity contribution in [2.45, 2.75) is 36.8 Å². The SMILES string of the molecule is Cc1cccc(NCc2ccc(NC(=O)c3ccc4c(c3)NC(O)C(C)S4)cc2)c1. The number of rotatable bonds is 5. The minimum atomic E-state index is -0.623. The average Bonchev–Trinajstić information content (AvgIpc) is 2.74. The predicted octanol–water partition coefficient (Wildman–Crippen LogP) is 5.08. The van der Waals surface area contributed by atoms with E-state index in [9.17, 15) is 9.90 Å². The summed E-state index contributed by atoms with van der Waals surface area (Å²) in [4.78, 5) is 13.7. The van der Waals surface area contributed by atoms with E-state index in [0.717, 1.165) is 27.5 Å². The lowest BCUT2D eigenvalue weighted by molar-refractivity contribution is 0.102. The van der Waals surface area contributed by atoms with Crippen molar-refractivity contribution in [3.63, 3.8) is 0 Å². The van der Waals surface area contributed by atoms with Crippen LogP contribution >= 0.6 is 11.8 Å². The summed E-state index contributed by atoms with van der Waals surface area (Å²) in [5.74, 6) is -0.177. The number of hydrogen-bond acceptors (Lipinski definition) is 5. The molecule has 1 aliphatic heterocycles. The second-order valence-corrected chi connectivity index (χ2v) is 8.92. The second kappa shape index (κ2) is 8.81. The number of anilines is 3. The zero-order chi connectivity index (χ0) is 21.1. The van der Waals surface area contributed by atoms with Crippen molar-refractivity contribution in [2.24, 2.45) is 0 Å². The molecule has 0 aromatic heterocycles. The summed E-state index contributed by atoms with van der Waals surface area (Å²) >= 11 is 1.60. The summed E-state index contributed by atoms with van der Waals surface area (Å²) < 4.78 is 0. The predicted molar refractivity (Wildman–Crippen MR) is 124 cm³/mol. The lowest BCUT2D eigenvalue weighted by atomic mass is 10.1. The molecule has 0 saturated carbocycles. The highest BCUT2D eigenvalue weighted by Crippen LogP contribution is 2.37. The molecule has 2 atom stereocenters. The molecule has 0 saturated heterocycles. The van der Waals surface area contributed by atoms with Gasteiger partial charge in [-0.3, -0.25) is 4.79 Å². The number of aliphatic hydroxyl groups excluding tert-OH is 1. The molecule has 1 aliphatic rings.